The van der Waals surface area contributed by atoms with Crippen molar-refractivity contribution in [2.45, 2.75) is 69.7 Å². The predicted molar refractivity (Wildman–Crippen MR) is 244 cm³/mol. The van der Waals surface area contributed by atoms with E-state index in [1.807, 2.05) is 77.5 Å². The summed E-state index contributed by atoms with van der Waals surface area (Å²) in [7, 11) is 1.92. The van der Waals surface area contributed by atoms with Gasteiger partial charge in [-0.3, -0.25) is 9.59 Å². The molecule has 0 N–H and O–H groups in total. The summed E-state index contributed by atoms with van der Waals surface area (Å²) in [6.07, 6.45) is 3.72. The first kappa shape index (κ1) is 42.4. The number of amides is 2. The van der Waals surface area contributed by atoms with Crippen LogP contribution in [0.3, 0.4) is 0 Å². The summed E-state index contributed by atoms with van der Waals surface area (Å²) in [6, 6.07) is 36.5. The molecule has 2 saturated heterocycles. The van der Waals surface area contributed by atoms with E-state index in [1.54, 1.807) is 0 Å². The van der Waals surface area contributed by atoms with Crippen LogP contribution in [0.2, 0.25) is 20.1 Å². The molecule has 8 atom stereocenters. The molecule has 5 aromatic rings. The van der Waals surface area contributed by atoms with Gasteiger partial charge in [0.15, 0.2) is 5.69 Å². The van der Waals surface area contributed by atoms with Gasteiger partial charge in [-0.05, 0) is 150 Å². The van der Waals surface area contributed by atoms with E-state index in [1.165, 1.54) is 27.8 Å². The third-order valence-electron chi connectivity index (χ3n) is 13.7. The lowest BCUT2D eigenvalue weighted by Gasteiger charge is -2.40. The molecule has 0 spiro atoms. The minimum atomic E-state index is 0.0173. The first-order valence-corrected chi connectivity index (χ1v) is 22.4. The van der Waals surface area contributed by atoms with Crippen LogP contribution in [0, 0.1) is 44.1 Å². The maximum Gasteiger partial charge on any atom is 0.226 e. The number of carbonyl (C=O) groups is 2. The second-order valence-corrected chi connectivity index (χ2v) is 19.0. The second-order valence-electron chi connectivity index (χ2n) is 17.3. The summed E-state index contributed by atoms with van der Waals surface area (Å²) in [5.74, 6) is 2.26. The largest absolute Gasteiger partial charge is 0.345 e. The summed E-state index contributed by atoms with van der Waals surface area (Å²) >= 11 is 25.7. The fourth-order valence-corrected chi connectivity index (χ4v) is 11.9. The van der Waals surface area contributed by atoms with E-state index in [0.717, 1.165) is 65.0 Å². The minimum Gasteiger partial charge on any atom is -0.345 e. The molecule has 4 aliphatic rings. The zero-order valence-corrected chi connectivity index (χ0v) is 37.2. The molecule has 0 radical (unpaired) electrons. The minimum absolute atomic E-state index is 0.0173. The van der Waals surface area contributed by atoms with Gasteiger partial charge >= 0.3 is 0 Å². The highest BCUT2D eigenvalue weighted by Crippen LogP contribution is 2.55. The molecule has 4 fully saturated rings. The van der Waals surface area contributed by atoms with Gasteiger partial charge in [0.25, 0.3) is 0 Å². The molecule has 308 valence electrons. The Morgan fingerprint density at radius 3 is 1.50 bits per heavy atom. The molecule has 0 bridgehead atoms. The van der Waals surface area contributed by atoms with Crippen LogP contribution in [0.15, 0.2) is 109 Å². The smallest absolute Gasteiger partial charge is 0.226 e. The summed E-state index contributed by atoms with van der Waals surface area (Å²) in [6.45, 7) is 13.4. The molecule has 2 saturated carbocycles. The van der Waals surface area contributed by atoms with Crippen molar-refractivity contribution in [1.29, 1.82) is 0 Å². The van der Waals surface area contributed by atoms with Gasteiger partial charge in [-0.25, -0.2) is 4.85 Å². The summed E-state index contributed by atoms with van der Waals surface area (Å²) in [5.41, 5.74) is 8.85. The fraction of sp³-hybridized carbons (Fsp3) is 0.353. The maximum atomic E-state index is 13.5. The highest BCUT2D eigenvalue weighted by Gasteiger charge is 2.51. The number of nitrogens with zero attached hydrogens (tertiary/aromatic N) is 3. The molecule has 2 aliphatic carbocycles. The van der Waals surface area contributed by atoms with Gasteiger partial charge in [0, 0.05) is 58.6 Å². The first-order valence-electron chi connectivity index (χ1n) is 20.9. The SMILES string of the molecule is Cc1ccc(C2CCC3C(=O)N(C)CC3C2c2ccc(Cl)cc2)c(Cl)c1.[C-]#[N+]c1ccc(CN2CC3C(CCC(c4ccc(C)cc4Cl)C3c3ccc(Cl)cc3)C2=O)cc1. The summed E-state index contributed by atoms with van der Waals surface area (Å²) < 4.78 is 0. The summed E-state index contributed by atoms with van der Waals surface area (Å²) in [4.78, 5) is 33.5. The van der Waals surface area contributed by atoms with Crippen molar-refractivity contribution in [3.8, 4) is 0 Å². The lowest BCUT2D eigenvalue weighted by Crippen LogP contribution is -2.32. The van der Waals surface area contributed by atoms with E-state index in [9.17, 15) is 9.59 Å². The van der Waals surface area contributed by atoms with Crippen molar-refractivity contribution in [2.75, 3.05) is 20.1 Å². The lowest BCUT2D eigenvalue weighted by molar-refractivity contribution is -0.132. The van der Waals surface area contributed by atoms with Crippen LogP contribution in [-0.2, 0) is 16.1 Å². The molecule has 60 heavy (non-hydrogen) atoms. The Labute approximate surface area is 374 Å². The first-order chi connectivity index (χ1) is 28.9. The van der Waals surface area contributed by atoms with Gasteiger partial charge in [-0.15, -0.1) is 0 Å². The second kappa shape index (κ2) is 18.0. The van der Waals surface area contributed by atoms with Crippen LogP contribution in [0.25, 0.3) is 4.85 Å². The number of hydrogen-bond acceptors (Lipinski definition) is 2. The Kier molecular flexibility index (Phi) is 12.7. The van der Waals surface area contributed by atoms with Crippen molar-refractivity contribution < 1.29 is 9.59 Å². The van der Waals surface area contributed by atoms with Gasteiger partial charge in [0.2, 0.25) is 11.8 Å². The van der Waals surface area contributed by atoms with Crippen molar-refractivity contribution in [3.63, 3.8) is 0 Å². The third kappa shape index (κ3) is 8.59. The summed E-state index contributed by atoms with van der Waals surface area (Å²) in [5, 5.41) is 3.10. The van der Waals surface area contributed by atoms with Gasteiger partial charge in [0.1, 0.15) is 0 Å². The predicted octanol–water partition coefficient (Wildman–Crippen LogP) is 13.5. The Hall–Kier alpha value is -4.31. The molecule has 2 aliphatic heterocycles. The van der Waals surface area contributed by atoms with Crippen LogP contribution in [-0.4, -0.2) is 41.8 Å². The fourth-order valence-electron chi connectivity index (χ4n) is 10.9. The van der Waals surface area contributed by atoms with Crippen LogP contribution < -0.4 is 0 Å². The molecule has 8 unspecified atom stereocenters. The van der Waals surface area contributed by atoms with Gasteiger partial charge in [-0.1, -0.05) is 119 Å². The lowest BCUT2D eigenvalue weighted by atomic mass is 9.63. The number of benzene rings is 5. The zero-order chi connectivity index (χ0) is 42.2. The van der Waals surface area contributed by atoms with E-state index in [0.29, 0.717) is 35.0 Å². The number of likely N-dealkylation sites (tertiary alicyclic amines) is 2. The maximum absolute atomic E-state index is 13.5. The highest BCUT2D eigenvalue weighted by molar-refractivity contribution is 6.32. The Morgan fingerprint density at radius 1 is 0.583 bits per heavy atom. The molecule has 0 aromatic heterocycles. The number of rotatable bonds is 6. The normalized spacial score (nSPS) is 25.9. The standard InChI is InChI=1S/C29H26Cl2N2O.C22H23Cl2NO/c1-18-3-12-23(27(31)15-18)24-13-14-25-26(28(24)20-6-8-21(30)9-7-20)17-33(29(25)34)16-19-4-10-22(32-2)11-5-19;1-13-3-8-16(20(24)11-13)17-9-10-18-19(12-25(2)22(18)26)21(17)14-4-6-15(23)7-5-14/h3-12,15,24-26,28H,13-14,16-17H2,1H3;3-8,11,17-19,21H,9-10,12H2,1-2H3. The number of fused-ring (bicyclic) bond motifs is 2. The van der Waals surface area contributed by atoms with Crippen LogP contribution in [0.4, 0.5) is 5.69 Å². The van der Waals surface area contributed by atoms with E-state index in [4.69, 9.17) is 53.0 Å². The quantitative estimate of drug-likeness (QED) is 0.160. The van der Waals surface area contributed by atoms with Crippen LogP contribution in [0.1, 0.15) is 88.3 Å². The molecule has 9 rings (SSSR count). The van der Waals surface area contributed by atoms with Gasteiger partial charge in [0.05, 0.1) is 6.57 Å². The molecule has 5 aromatic carbocycles. The molecular weight excluding hydrogens is 828 g/mol. The van der Waals surface area contributed by atoms with E-state index in [-0.39, 0.29) is 41.4 Å². The van der Waals surface area contributed by atoms with Gasteiger partial charge < -0.3 is 9.80 Å². The Balaban J connectivity index is 0.000000172. The number of aryl methyl sites for hydroxylation is 2. The van der Waals surface area contributed by atoms with Crippen LogP contribution in [0.5, 0.6) is 0 Å². The monoisotopic (exact) mass is 875 g/mol. The average Bonchev–Trinajstić information content (AvgIpc) is 3.71. The van der Waals surface area contributed by atoms with Gasteiger partial charge in [-0.2, -0.15) is 0 Å². The van der Waals surface area contributed by atoms with E-state index < -0.39 is 0 Å². The highest BCUT2D eigenvalue weighted by atomic mass is 35.5. The average molecular weight is 878 g/mol. The molecular formula is C51H49Cl4N3O2. The van der Waals surface area contributed by atoms with Crippen molar-refractivity contribution in [3.05, 3.63) is 180 Å². The van der Waals surface area contributed by atoms with Crippen molar-refractivity contribution >= 4 is 63.9 Å². The number of halogens is 4. The van der Waals surface area contributed by atoms with E-state index in [2.05, 4.69) is 67.2 Å². The van der Waals surface area contributed by atoms with E-state index >= 15 is 0 Å². The molecule has 2 amide bonds. The molecule has 2 heterocycles. The topological polar surface area (TPSA) is 45.0 Å². The Morgan fingerprint density at radius 2 is 1.03 bits per heavy atom. The number of hydrogen-bond donors (Lipinski definition) is 0. The third-order valence-corrected chi connectivity index (χ3v) is 14.9. The number of carbonyl (C=O) groups excluding carboxylic acids is 2. The zero-order valence-electron chi connectivity index (χ0n) is 34.1. The van der Waals surface area contributed by atoms with Crippen molar-refractivity contribution in [1.82, 2.24) is 9.80 Å². The Bertz CT molecular complexity index is 2410. The molecule has 9 heteroatoms. The van der Waals surface area contributed by atoms with Crippen molar-refractivity contribution in [2.24, 2.45) is 23.7 Å². The molecule has 5 nitrogen and oxygen atoms in total. The van der Waals surface area contributed by atoms with Crippen LogP contribution >= 0.6 is 46.4 Å².